The summed E-state index contributed by atoms with van der Waals surface area (Å²) in [6.45, 7) is 1.48. The number of pyridine rings is 1. The van der Waals surface area contributed by atoms with Gasteiger partial charge in [-0.3, -0.25) is 0 Å². The Labute approximate surface area is 177 Å². The highest BCUT2D eigenvalue weighted by Crippen LogP contribution is 2.23. The first-order chi connectivity index (χ1) is 14.7. The van der Waals surface area contributed by atoms with E-state index < -0.39 is 21.8 Å². The SMILES string of the molecule is Cc1c(C(=O)O)cccc1C(=O)O.O=S(=O)(c1ccccc1)c1cc2cccnc2[nH]1. The minimum absolute atomic E-state index is 0.0277. The average Bonchev–Trinajstić information content (AvgIpc) is 3.20. The number of carbonyl (C=O) groups is 2. The first kappa shape index (κ1) is 21.7. The summed E-state index contributed by atoms with van der Waals surface area (Å²) >= 11 is 0. The monoisotopic (exact) mass is 438 g/mol. The maximum atomic E-state index is 12.3. The van der Waals surface area contributed by atoms with Gasteiger partial charge < -0.3 is 15.2 Å². The Balaban J connectivity index is 0.000000187. The summed E-state index contributed by atoms with van der Waals surface area (Å²) in [5.41, 5.74) is 0.911. The molecule has 0 bridgehead atoms. The molecule has 3 N–H and O–H groups in total. The molecule has 2 aromatic carbocycles. The minimum Gasteiger partial charge on any atom is -0.478 e. The van der Waals surface area contributed by atoms with Crippen LogP contribution in [-0.4, -0.2) is 40.5 Å². The van der Waals surface area contributed by atoms with Crippen molar-refractivity contribution in [2.75, 3.05) is 0 Å². The molecule has 31 heavy (non-hydrogen) atoms. The van der Waals surface area contributed by atoms with Gasteiger partial charge in [0.2, 0.25) is 9.84 Å². The molecule has 0 aliphatic rings. The van der Waals surface area contributed by atoms with Crippen molar-refractivity contribution in [3.63, 3.8) is 0 Å². The molecule has 0 fully saturated rings. The van der Waals surface area contributed by atoms with Gasteiger partial charge in [-0.15, -0.1) is 0 Å². The Morgan fingerprint density at radius 1 is 0.871 bits per heavy atom. The lowest BCUT2D eigenvalue weighted by atomic mass is 10.0. The molecule has 158 valence electrons. The first-order valence-corrected chi connectivity index (χ1v) is 10.5. The van der Waals surface area contributed by atoms with Crippen LogP contribution in [0.15, 0.2) is 82.8 Å². The van der Waals surface area contributed by atoms with Crippen molar-refractivity contribution in [1.29, 1.82) is 0 Å². The van der Waals surface area contributed by atoms with Crippen LogP contribution in [0, 0.1) is 6.92 Å². The van der Waals surface area contributed by atoms with E-state index in [4.69, 9.17) is 10.2 Å². The third-order valence-corrected chi connectivity index (χ3v) is 6.20. The van der Waals surface area contributed by atoms with E-state index in [-0.39, 0.29) is 26.6 Å². The summed E-state index contributed by atoms with van der Waals surface area (Å²) in [6.07, 6.45) is 1.62. The highest BCUT2D eigenvalue weighted by molar-refractivity contribution is 7.91. The van der Waals surface area contributed by atoms with Gasteiger partial charge in [0.15, 0.2) is 0 Å². The number of rotatable bonds is 4. The lowest BCUT2D eigenvalue weighted by Gasteiger charge is -2.03. The van der Waals surface area contributed by atoms with Crippen molar-refractivity contribution in [2.24, 2.45) is 0 Å². The zero-order valence-corrected chi connectivity index (χ0v) is 17.1. The lowest BCUT2D eigenvalue weighted by molar-refractivity contribution is 0.0696. The number of carboxylic acid groups (broad SMARTS) is 2. The van der Waals surface area contributed by atoms with Crippen LogP contribution in [0.1, 0.15) is 26.3 Å². The number of fused-ring (bicyclic) bond motifs is 1. The quantitative estimate of drug-likeness (QED) is 0.441. The number of nitrogens with zero attached hydrogens (tertiary/aromatic N) is 1. The second kappa shape index (κ2) is 8.80. The Morgan fingerprint density at radius 2 is 1.48 bits per heavy atom. The highest BCUT2D eigenvalue weighted by Gasteiger charge is 2.19. The molecule has 0 aliphatic carbocycles. The molecule has 4 aromatic rings. The molecule has 0 spiro atoms. The molecule has 4 rings (SSSR count). The molecule has 2 aromatic heterocycles. The number of aromatic nitrogens is 2. The highest BCUT2D eigenvalue weighted by atomic mass is 32.2. The van der Waals surface area contributed by atoms with Crippen LogP contribution >= 0.6 is 0 Å². The summed E-state index contributed by atoms with van der Waals surface area (Å²) in [6, 6.07) is 17.7. The van der Waals surface area contributed by atoms with Crippen LogP contribution < -0.4 is 0 Å². The zero-order valence-electron chi connectivity index (χ0n) is 16.3. The van der Waals surface area contributed by atoms with E-state index in [2.05, 4.69) is 9.97 Å². The van der Waals surface area contributed by atoms with Crippen molar-refractivity contribution in [3.05, 3.63) is 89.6 Å². The van der Waals surface area contributed by atoms with E-state index in [0.717, 1.165) is 5.39 Å². The number of benzene rings is 2. The summed E-state index contributed by atoms with van der Waals surface area (Å²) < 4.78 is 24.7. The maximum Gasteiger partial charge on any atom is 0.335 e. The van der Waals surface area contributed by atoms with Crippen LogP contribution in [-0.2, 0) is 9.84 Å². The van der Waals surface area contributed by atoms with Gasteiger partial charge in [0.1, 0.15) is 10.7 Å². The Bertz CT molecular complexity index is 1300. The number of hydrogen-bond acceptors (Lipinski definition) is 5. The molecule has 0 unspecified atom stereocenters. The predicted molar refractivity (Wildman–Crippen MR) is 113 cm³/mol. The molecule has 0 aliphatic heterocycles. The molecule has 0 atom stereocenters. The van der Waals surface area contributed by atoms with Gasteiger partial charge in [0.25, 0.3) is 0 Å². The van der Waals surface area contributed by atoms with Gasteiger partial charge in [0, 0.05) is 11.6 Å². The molecular formula is C22H18N2O6S. The maximum absolute atomic E-state index is 12.3. The number of aromatic carboxylic acids is 2. The topological polar surface area (TPSA) is 137 Å². The fourth-order valence-electron chi connectivity index (χ4n) is 2.90. The summed E-state index contributed by atoms with van der Waals surface area (Å²) in [5, 5.41) is 18.3. The first-order valence-electron chi connectivity index (χ1n) is 9.02. The normalized spacial score (nSPS) is 10.9. The zero-order chi connectivity index (χ0) is 22.6. The van der Waals surface area contributed by atoms with Gasteiger partial charge in [-0.05, 0) is 55.0 Å². The molecular weight excluding hydrogens is 420 g/mol. The lowest BCUT2D eigenvalue weighted by Crippen LogP contribution is -2.06. The van der Waals surface area contributed by atoms with Gasteiger partial charge in [-0.1, -0.05) is 24.3 Å². The Morgan fingerprint density at radius 3 is 2.03 bits per heavy atom. The molecule has 9 heteroatoms. The molecule has 8 nitrogen and oxygen atoms in total. The average molecular weight is 438 g/mol. The van der Waals surface area contributed by atoms with Gasteiger partial charge in [-0.2, -0.15) is 0 Å². The van der Waals surface area contributed by atoms with Crippen LogP contribution in [0.4, 0.5) is 0 Å². The van der Waals surface area contributed by atoms with Crippen LogP contribution in [0.5, 0.6) is 0 Å². The van der Waals surface area contributed by atoms with Crippen LogP contribution in [0.25, 0.3) is 11.0 Å². The Hall–Kier alpha value is -3.98. The van der Waals surface area contributed by atoms with E-state index in [0.29, 0.717) is 5.65 Å². The minimum atomic E-state index is -3.50. The van der Waals surface area contributed by atoms with E-state index in [1.807, 2.05) is 6.07 Å². The van der Waals surface area contributed by atoms with Crippen molar-refractivity contribution >= 4 is 32.8 Å². The largest absolute Gasteiger partial charge is 0.478 e. The third-order valence-electron chi connectivity index (χ3n) is 4.50. The molecule has 0 saturated heterocycles. The molecule has 0 saturated carbocycles. The standard InChI is InChI=1S/C13H10N2O2S.C9H8O4/c16-18(17,11-6-2-1-3-7-11)12-9-10-5-4-8-14-13(10)15-12;1-5-6(8(10)11)3-2-4-7(5)9(12)13/h1-9H,(H,14,15);2-4H,1H3,(H,10,11)(H,12,13). The smallest absolute Gasteiger partial charge is 0.335 e. The fraction of sp³-hybridized carbons (Fsp3) is 0.0455. The van der Waals surface area contributed by atoms with Crippen LogP contribution in [0.2, 0.25) is 0 Å². The van der Waals surface area contributed by atoms with E-state index >= 15 is 0 Å². The van der Waals surface area contributed by atoms with E-state index in [9.17, 15) is 18.0 Å². The number of H-pyrrole nitrogens is 1. The van der Waals surface area contributed by atoms with Crippen molar-refractivity contribution in [2.45, 2.75) is 16.8 Å². The summed E-state index contributed by atoms with van der Waals surface area (Å²) in [4.78, 5) is 28.4. The Kier molecular flexibility index (Phi) is 6.17. The molecule has 0 radical (unpaired) electrons. The predicted octanol–water partition coefficient (Wildman–Crippen LogP) is 3.79. The number of carboxylic acids is 2. The number of aromatic amines is 1. The second-order valence-corrected chi connectivity index (χ2v) is 8.40. The molecule has 2 heterocycles. The molecule has 0 amide bonds. The number of nitrogens with one attached hydrogen (secondary N) is 1. The number of hydrogen-bond donors (Lipinski definition) is 3. The van der Waals surface area contributed by atoms with E-state index in [1.54, 1.807) is 48.7 Å². The summed E-state index contributed by atoms with van der Waals surface area (Å²) in [7, 11) is -3.50. The van der Waals surface area contributed by atoms with Gasteiger partial charge >= 0.3 is 11.9 Å². The van der Waals surface area contributed by atoms with Crippen molar-refractivity contribution < 1.29 is 28.2 Å². The van der Waals surface area contributed by atoms with Crippen molar-refractivity contribution in [1.82, 2.24) is 9.97 Å². The number of sulfone groups is 1. The second-order valence-electron chi connectivity index (χ2n) is 6.48. The summed E-state index contributed by atoms with van der Waals surface area (Å²) in [5.74, 6) is -2.22. The van der Waals surface area contributed by atoms with Gasteiger partial charge in [-0.25, -0.2) is 23.0 Å². The third kappa shape index (κ3) is 4.62. The van der Waals surface area contributed by atoms with E-state index in [1.165, 1.54) is 25.1 Å². The van der Waals surface area contributed by atoms with Gasteiger partial charge in [0.05, 0.1) is 16.0 Å². The van der Waals surface area contributed by atoms with Crippen molar-refractivity contribution in [3.8, 4) is 0 Å². The van der Waals surface area contributed by atoms with Crippen LogP contribution in [0.3, 0.4) is 0 Å². The fourth-order valence-corrected chi connectivity index (χ4v) is 4.19.